The molecule has 0 aliphatic carbocycles. The van der Waals surface area contributed by atoms with Crippen LogP contribution in [0.1, 0.15) is 29.9 Å². The highest BCUT2D eigenvalue weighted by Gasteiger charge is 2.35. The van der Waals surface area contributed by atoms with Gasteiger partial charge in [0.15, 0.2) is 0 Å². The Kier molecular flexibility index (Phi) is 8.27. The standard InChI is InChI=1S/C21H26ClN5O2S.ClH/c1-16-23-13-19-14-26(21(29)27(16)19)25-10-8-24(9-11-25)20(28)3-2-12-30-15-17-4-6-18(22)7-5-17;/h4-7,13H,2-3,8-12,14-15H2,1H3;1H. The van der Waals surface area contributed by atoms with E-state index in [2.05, 4.69) is 9.99 Å². The maximum Gasteiger partial charge on any atom is 0.344 e. The zero-order valence-corrected chi connectivity index (χ0v) is 19.9. The number of carbonyl (C=O) groups excluding carboxylic acids is 2. The van der Waals surface area contributed by atoms with Crippen molar-refractivity contribution in [3.63, 3.8) is 0 Å². The molecular weight excluding hydrogens is 457 g/mol. The van der Waals surface area contributed by atoms with Crippen LogP contribution < -0.4 is 0 Å². The molecule has 31 heavy (non-hydrogen) atoms. The van der Waals surface area contributed by atoms with Crippen molar-refractivity contribution in [2.24, 2.45) is 0 Å². The van der Waals surface area contributed by atoms with Crippen LogP contribution in [-0.2, 0) is 17.1 Å². The molecule has 1 aromatic carbocycles. The van der Waals surface area contributed by atoms with Gasteiger partial charge in [-0.3, -0.25) is 9.80 Å². The van der Waals surface area contributed by atoms with E-state index < -0.39 is 0 Å². The second kappa shape index (κ2) is 10.7. The molecule has 0 atom stereocenters. The van der Waals surface area contributed by atoms with Crippen LogP contribution in [0.2, 0.25) is 5.02 Å². The van der Waals surface area contributed by atoms with E-state index >= 15 is 0 Å². The van der Waals surface area contributed by atoms with Gasteiger partial charge in [-0.15, -0.1) is 12.4 Å². The Bertz CT molecular complexity index is 913. The molecule has 1 fully saturated rings. The number of rotatable bonds is 7. The lowest BCUT2D eigenvalue weighted by molar-refractivity contribution is -0.135. The zero-order valence-electron chi connectivity index (χ0n) is 17.5. The molecule has 7 nitrogen and oxygen atoms in total. The molecule has 0 unspecified atom stereocenters. The SMILES string of the molecule is Cc1ncc2n1C(=O)N(N1CCN(C(=O)CCCSCc3ccc(Cl)cc3)CC1)C2.Cl. The lowest BCUT2D eigenvalue weighted by Gasteiger charge is -2.38. The maximum absolute atomic E-state index is 12.6. The van der Waals surface area contributed by atoms with E-state index in [1.54, 1.807) is 15.8 Å². The van der Waals surface area contributed by atoms with Crippen molar-refractivity contribution in [3.8, 4) is 0 Å². The van der Waals surface area contributed by atoms with Gasteiger partial charge < -0.3 is 4.90 Å². The summed E-state index contributed by atoms with van der Waals surface area (Å²) in [7, 11) is 0. The van der Waals surface area contributed by atoms with Gasteiger partial charge in [0.05, 0.1) is 18.4 Å². The predicted molar refractivity (Wildman–Crippen MR) is 126 cm³/mol. The molecule has 1 aromatic heterocycles. The molecule has 0 saturated carbocycles. The third-order valence-corrected chi connectivity index (χ3v) is 6.91. The Balaban J connectivity index is 0.00000272. The molecule has 0 spiro atoms. The number of carbonyl (C=O) groups is 2. The summed E-state index contributed by atoms with van der Waals surface area (Å²) >= 11 is 7.75. The highest BCUT2D eigenvalue weighted by molar-refractivity contribution is 7.98. The second-order valence-corrected chi connectivity index (χ2v) is 9.13. The van der Waals surface area contributed by atoms with Gasteiger partial charge in [-0.05, 0) is 36.8 Å². The molecule has 0 radical (unpaired) electrons. The van der Waals surface area contributed by atoms with E-state index in [1.807, 2.05) is 47.9 Å². The van der Waals surface area contributed by atoms with Crippen LogP contribution in [0.3, 0.4) is 0 Å². The number of imidazole rings is 1. The van der Waals surface area contributed by atoms with Crippen molar-refractivity contribution in [2.45, 2.75) is 32.1 Å². The molecular formula is C21H27Cl2N5O2S. The number of amides is 2. The van der Waals surface area contributed by atoms with Crippen LogP contribution in [0.25, 0.3) is 0 Å². The lowest BCUT2D eigenvalue weighted by atomic mass is 10.2. The average Bonchev–Trinajstić information content (AvgIpc) is 3.29. The molecule has 2 amide bonds. The number of aromatic nitrogens is 2. The number of thioether (sulfide) groups is 1. The number of nitrogens with zero attached hydrogens (tertiary/aromatic N) is 5. The van der Waals surface area contributed by atoms with E-state index in [0.29, 0.717) is 39.1 Å². The first-order valence-electron chi connectivity index (χ1n) is 10.2. The van der Waals surface area contributed by atoms with E-state index in [4.69, 9.17) is 11.6 Å². The van der Waals surface area contributed by atoms with Gasteiger partial charge in [-0.25, -0.2) is 19.4 Å². The van der Waals surface area contributed by atoms with Gasteiger partial charge in [0.25, 0.3) is 0 Å². The van der Waals surface area contributed by atoms with Crippen molar-refractivity contribution < 1.29 is 9.59 Å². The molecule has 2 aliphatic rings. The van der Waals surface area contributed by atoms with Gasteiger partial charge in [0, 0.05) is 43.4 Å². The summed E-state index contributed by atoms with van der Waals surface area (Å²) in [5.41, 5.74) is 2.17. The Morgan fingerprint density at radius 3 is 2.55 bits per heavy atom. The fourth-order valence-electron chi connectivity index (χ4n) is 3.86. The normalized spacial score (nSPS) is 16.4. The Hall–Kier alpha value is -1.74. The molecule has 0 bridgehead atoms. The number of halogens is 2. The smallest absolute Gasteiger partial charge is 0.340 e. The average molecular weight is 484 g/mol. The second-order valence-electron chi connectivity index (χ2n) is 7.59. The van der Waals surface area contributed by atoms with Crippen molar-refractivity contribution >= 4 is 47.7 Å². The molecule has 2 aliphatic heterocycles. The number of hydrogen-bond acceptors (Lipinski definition) is 5. The minimum absolute atomic E-state index is 0. The first-order chi connectivity index (χ1) is 14.5. The summed E-state index contributed by atoms with van der Waals surface area (Å²) in [6.45, 7) is 5.08. The Labute approximate surface area is 198 Å². The molecule has 2 aromatic rings. The van der Waals surface area contributed by atoms with Crippen LogP contribution in [0.15, 0.2) is 30.5 Å². The molecule has 168 valence electrons. The van der Waals surface area contributed by atoms with Crippen molar-refractivity contribution in [1.82, 2.24) is 24.5 Å². The van der Waals surface area contributed by atoms with E-state index in [1.165, 1.54) is 5.56 Å². The maximum atomic E-state index is 12.6. The summed E-state index contributed by atoms with van der Waals surface area (Å²) in [4.78, 5) is 31.3. The highest BCUT2D eigenvalue weighted by Crippen LogP contribution is 2.22. The Morgan fingerprint density at radius 1 is 1.16 bits per heavy atom. The molecule has 0 N–H and O–H groups in total. The molecule has 4 rings (SSSR count). The number of fused-ring (bicyclic) bond motifs is 1. The summed E-state index contributed by atoms with van der Waals surface area (Å²) in [5.74, 6) is 2.83. The molecule has 10 heteroatoms. The molecule has 1 saturated heterocycles. The van der Waals surface area contributed by atoms with Crippen LogP contribution in [0, 0.1) is 6.92 Å². The van der Waals surface area contributed by atoms with Crippen molar-refractivity contribution in [2.75, 3.05) is 31.9 Å². The fraction of sp³-hybridized carbons (Fsp3) is 0.476. The van der Waals surface area contributed by atoms with Crippen LogP contribution in [0.5, 0.6) is 0 Å². The van der Waals surface area contributed by atoms with Gasteiger partial charge in [0.1, 0.15) is 5.82 Å². The summed E-state index contributed by atoms with van der Waals surface area (Å²) in [6.07, 6.45) is 3.22. The summed E-state index contributed by atoms with van der Waals surface area (Å²) < 4.78 is 1.67. The van der Waals surface area contributed by atoms with Gasteiger partial charge in [-0.1, -0.05) is 23.7 Å². The quantitative estimate of drug-likeness (QED) is 0.560. The van der Waals surface area contributed by atoms with Gasteiger partial charge in [-0.2, -0.15) is 11.8 Å². The number of piperazine rings is 1. The van der Waals surface area contributed by atoms with Crippen molar-refractivity contribution in [3.05, 3.63) is 52.6 Å². The zero-order chi connectivity index (χ0) is 21.1. The first-order valence-corrected chi connectivity index (χ1v) is 11.8. The summed E-state index contributed by atoms with van der Waals surface area (Å²) in [6, 6.07) is 7.86. The lowest BCUT2D eigenvalue weighted by Crippen LogP contribution is -2.55. The first kappa shape index (κ1) is 23.9. The number of hydrogen-bond donors (Lipinski definition) is 0. The van der Waals surface area contributed by atoms with Gasteiger partial charge in [0.2, 0.25) is 5.91 Å². The minimum atomic E-state index is -0.0440. The minimum Gasteiger partial charge on any atom is -0.340 e. The third-order valence-electron chi connectivity index (χ3n) is 5.55. The summed E-state index contributed by atoms with van der Waals surface area (Å²) in [5, 5.41) is 4.59. The van der Waals surface area contributed by atoms with Crippen LogP contribution in [0.4, 0.5) is 4.79 Å². The molecule has 3 heterocycles. The highest BCUT2D eigenvalue weighted by atomic mass is 35.5. The number of aryl methyl sites for hydroxylation is 1. The van der Waals surface area contributed by atoms with Crippen molar-refractivity contribution in [1.29, 1.82) is 0 Å². The van der Waals surface area contributed by atoms with Crippen LogP contribution >= 0.6 is 35.8 Å². The Morgan fingerprint density at radius 2 is 1.87 bits per heavy atom. The van der Waals surface area contributed by atoms with E-state index in [-0.39, 0.29) is 24.3 Å². The fourth-order valence-corrected chi connectivity index (χ4v) is 4.91. The van der Waals surface area contributed by atoms with E-state index in [0.717, 1.165) is 34.5 Å². The van der Waals surface area contributed by atoms with Crippen LogP contribution in [-0.4, -0.2) is 68.3 Å². The predicted octanol–water partition coefficient (Wildman–Crippen LogP) is 3.82. The largest absolute Gasteiger partial charge is 0.344 e. The topological polar surface area (TPSA) is 61.7 Å². The third kappa shape index (κ3) is 5.55. The van der Waals surface area contributed by atoms with Gasteiger partial charge >= 0.3 is 6.03 Å². The monoisotopic (exact) mass is 483 g/mol. The van der Waals surface area contributed by atoms with E-state index in [9.17, 15) is 9.59 Å². The number of benzene rings is 1. The number of hydrazine groups is 1.